The van der Waals surface area contributed by atoms with Crippen molar-refractivity contribution in [1.29, 1.82) is 0 Å². The lowest BCUT2D eigenvalue weighted by molar-refractivity contribution is -0.122. The molecule has 0 heterocycles. The van der Waals surface area contributed by atoms with Crippen molar-refractivity contribution in [2.24, 2.45) is 0 Å². The summed E-state index contributed by atoms with van der Waals surface area (Å²) in [5.41, 5.74) is 0.928. The van der Waals surface area contributed by atoms with Gasteiger partial charge in [-0.3, -0.25) is 10.1 Å². The molecule has 2 rings (SSSR count). The highest BCUT2D eigenvalue weighted by Gasteiger charge is 2.10. The zero-order valence-electron chi connectivity index (χ0n) is 12.0. The average Bonchev–Trinajstić information content (AvgIpc) is 2.55. The summed E-state index contributed by atoms with van der Waals surface area (Å²) < 4.78 is 5.23. The fourth-order valence-corrected chi connectivity index (χ4v) is 2.05. The molecule has 0 aromatic heterocycles. The lowest BCUT2D eigenvalue weighted by atomic mass is 10.2. The number of amides is 3. The first-order valence-electron chi connectivity index (χ1n) is 6.74. The normalized spacial score (nSPS) is 10.0. The third kappa shape index (κ3) is 5.81. The minimum absolute atomic E-state index is 0.277. The maximum Gasteiger partial charge on any atom is 0.321 e. The van der Waals surface area contributed by atoms with Crippen LogP contribution in [-0.4, -0.2) is 18.5 Å². The topological polar surface area (TPSA) is 67.4 Å². The molecule has 0 radical (unpaired) electrons. The molecule has 3 amide bonds. The Kier molecular flexibility index (Phi) is 6.26. The Morgan fingerprint density at radius 3 is 2.52 bits per heavy atom. The van der Waals surface area contributed by atoms with Crippen LogP contribution in [0.25, 0.3) is 0 Å². The van der Waals surface area contributed by atoms with Gasteiger partial charge >= 0.3 is 6.03 Å². The van der Waals surface area contributed by atoms with Crippen molar-refractivity contribution < 1.29 is 14.3 Å². The summed E-state index contributed by atoms with van der Waals surface area (Å²) in [4.78, 5) is 23.3. The predicted molar refractivity (Wildman–Crippen MR) is 88.8 cm³/mol. The predicted octanol–water partition coefficient (Wildman–Crippen LogP) is 3.40. The van der Waals surface area contributed by atoms with Crippen molar-refractivity contribution in [2.45, 2.75) is 6.54 Å². The lowest BCUT2D eigenvalue weighted by Crippen LogP contribution is -2.41. The van der Waals surface area contributed by atoms with Gasteiger partial charge in [0.2, 0.25) is 0 Å². The lowest BCUT2D eigenvalue weighted by Gasteiger charge is -2.09. The minimum Gasteiger partial charge on any atom is -0.482 e. The molecule has 2 N–H and O–H groups in total. The molecule has 23 heavy (non-hydrogen) atoms. The molecule has 0 spiro atoms. The van der Waals surface area contributed by atoms with E-state index in [1.54, 1.807) is 12.1 Å². The van der Waals surface area contributed by atoms with Crippen LogP contribution in [0.15, 0.2) is 48.5 Å². The van der Waals surface area contributed by atoms with Crippen molar-refractivity contribution in [2.75, 3.05) is 6.61 Å². The largest absolute Gasteiger partial charge is 0.482 e. The first-order valence-corrected chi connectivity index (χ1v) is 7.49. The summed E-state index contributed by atoms with van der Waals surface area (Å²) >= 11 is 11.7. The highest BCUT2D eigenvalue weighted by molar-refractivity contribution is 6.34. The molecule has 7 heteroatoms. The van der Waals surface area contributed by atoms with E-state index in [2.05, 4.69) is 10.6 Å². The van der Waals surface area contributed by atoms with Gasteiger partial charge in [-0.05, 0) is 17.7 Å². The molecule has 0 fully saturated rings. The van der Waals surface area contributed by atoms with Crippen LogP contribution in [0.5, 0.6) is 5.75 Å². The highest BCUT2D eigenvalue weighted by Crippen LogP contribution is 2.27. The van der Waals surface area contributed by atoms with E-state index in [9.17, 15) is 9.59 Å². The minimum atomic E-state index is -0.598. The molecule has 2 aromatic carbocycles. The van der Waals surface area contributed by atoms with E-state index >= 15 is 0 Å². The van der Waals surface area contributed by atoms with Crippen molar-refractivity contribution in [3.63, 3.8) is 0 Å². The third-order valence-corrected chi connectivity index (χ3v) is 3.35. The maximum absolute atomic E-state index is 11.7. The van der Waals surface area contributed by atoms with E-state index in [0.717, 1.165) is 5.56 Å². The van der Waals surface area contributed by atoms with Crippen LogP contribution in [0.1, 0.15) is 5.56 Å². The Labute approximate surface area is 143 Å². The molecule has 0 bridgehead atoms. The van der Waals surface area contributed by atoms with Gasteiger partial charge in [-0.15, -0.1) is 0 Å². The number of hydrogen-bond donors (Lipinski definition) is 2. The van der Waals surface area contributed by atoms with Crippen LogP contribution >= 0.6 is 23.2 Å². The van der Waals surface area contributed by atoms with E-state index in [4.69, 9.17) is 27.9 Å². The Morgan fingerprint density at radius 2 is 1.78 bits per heavy atom. The monoisotopic (exact) mass is 352 g/mol. The Hall–Kier alpha value is -2.24. The number of benzene rings is 2. The molecule has 2 aromatic rings. The zero-order valence-corrected chi connectivity index (χ0v) is 13.5. The van der Waals surface area contributed by atoms with Gasteiger partial charge in [0.25, 0.3) is 5.91 Å². The van der Waals surface area contributed by atoms with Gasteiger partial charge in [-0.1, -0.05) is 53.5 Å². The molecule has 0 aliphatic carbocycles. The van der Waals surface area contributed by atoms with E-state index < -0.39 is 11.9 Å². The second-order valence-corrected chi connectivity index (χ2v) is 5.42. The Morgan fingerprint density at radius 1 is 1.04 bits per heavy atom. The zero-order chi connectivity index (χ0) is 16.7. The second kappa shape index (κ2) is 8.41. The van der Waals surface area contributed by atoms with Crippen LogP contribution in [0.3, 0.4) is 0 Å². The molecular formula is C16H14Cl2N2O3. The van der Waals surface area contributed by atoms with Gasteiger partial charge in [-0.2, -0.15) is 0 Å². The molecule has 0 unspecified atom stereocenters. The number of nitrogens with one attached hydrogen (secondary N) is 2. The quantitative estimate of drug-likeness (QED) is 0.866. The molecular weight excluding hydrogens is 339 g/mol. The van der Waals surface area contributed by atoms with Gasteiger partial charge in [0.1, 0.15) is 5.75 Å². The van der Waals surface area contributed by atoms with Crippen LogP contribution < -0.4 is 15.4 Å². The molecule has 0 saturated heterocycles. The summed E-state index contributed by atoms with van der Waals surface area (Å²) in [6.07, 6.45) is 0. The third-order valence-electron chi connectivity index (χ3n) is 2.80. The summed E-state index contributed by atoms with van der Waals surface area (Å²) in [6.45, 7) is -0.0280. The first-order chi connectivity index (χ1) is 11.0. The Bertz CT molecular complexity index is 693. The highest BCUT2D eigenvalue weighted by atomic mass is 35.5. The van der Waals surface area contributed by atoms with Crippen LogP contribution in [-0.2, 0) is 11.3 Å². The number of carbonyl (C=O) groups is 2. The molecule has 0 aliphatic heterocycles. The van der Waals surface area contributed by atoms with Gasteiger partial charge in [0.15, 0.2) is 6.61 Å². The van der Waals surface area contributed by atoms with Crippen molar-refractivity contribution in [1.82, 2.24) is 10.6 Å². The first kappa shape index (κ1) is 17.1. The maximum atomic E-state index is 11.7. The summed E-state index contributed by atoms with van der Waals surface area (Å²) in [7, 11) is 0. The fourth-order valence-electron chi connectivity index (χ4n) is 1.72. The van der Waals surface area contributed by atoms with Crippen LogP contribution in [0, 0.1) is 0 Å². The SMILES string of the molecule is O=C(COc1cc(Cl)ccc1Cl)NC(=O)NCc1ccccc1. The van der Waals surface area contributed by atoms with Crippen LogP contribution in [0.4, 0.5) is 4.79 Å². The average molecular weight is 353 g/mol. The van der Waals surface area contributed by atoms with Gasteiger partial charge < -0.3 is 10.1 Å². The molecule has 0 atom stereocenters. The molecule has 0 saturated carbocycles. The summed E-state index contributed by atoms with van der Waals surface area (Å²) in [5.74, 6) is -0.314. The number of imide groups is 1. The Balaban J connectivity index is 1.76. The second-order valence-electron chi connectivity index (χ2n) is 4.58. The van der Waals surface area contributed by atoms with Gasteiger partial charge in [0, 0.05) is 17.6 Å². The van der Waals surface area contributed by atoms with E-state index in [-0.39, 0.29) is 12.4 Å². The smallest absolute Gasteiger partial charge is 0.321 e. The standard InChI is InChI=1S/C16H14Cl2N2O3/c17-12-6-7-13(18)14(8-12)23-10-15(21)20-16(22)19-9-11-4-2-1-3-5-11/h1-8H,9-10H2,(H2,19,20,21,22). The molecule has 5 nitrogen and oxygen atoms in total. The number of ether oxygens (including phenoxy) is 1. The molecule has 0 aliphatic rings. The number of carbonyl (C=O) groups excluding carboxylic acids is 2. The van der Waals surface area contributed by atoms with Gasteiger partial charge in [0.05, 0.1) is 5.02 Å². The van der Waals surface area contributed by atoms with Crippen molar-refractivity contribution >= 4 is 35.1 Å². The number of rotatable bonds is 5. The summed E-state index contributed by atoms with van der Waals surface area (Å²) in [5, 5.41) is 5.50. The van der Waals surface area contributed by atoms with Crippen molar-refractivity contribution in [3.8, 4) is 5.75 Å². The number of halogens is 2. The van der Waals surface area contributed by atoms with E-state index in [1.165, 1.54) is 6.07 Å². The molecule has 120 valence electrons. The van der Waals surface area contributed by atoms with E-state index in [1.807, 2.05) is 30.3 Å². The van der Waals surface area contributed by atoms with Crippen LogP contribution in [0.2, 0.25) is 10.0 Å². The van der Waals surface area contributed by atoms with Crippen molar-refractivity contribution in [3.05, 3.63) is 64.1 Å². The van der Waals surface area contributed by atoms with E-state index in [0.29, 0.717) is 16.6 Å². The van der Waals surface area contributed by atoms with Gasteiger partial charge in [-0.25, -0.2) is 4.79 Å². The fraction of sp³-hybridized carbons (Fsp3) is 0.125. The number of hydrogen-bond acceptors (Lipinski definition) is 3. The summed E-state index contributed by atoms with van der Waals surface area (Å²) in [6, 6.07) is 13.4. The number of urea groups is 1.